The van der Waals surface area contributed by atoms with Crippen LogP contribution >= 0.6 is 0 Å². The van der Waals surface area contributed by atoms with Gasteiger partial charge in [0.15, 0.2) is 0 Å². The molecule has 100 valence electrons. The Morgan fingerprint density at radius 3 is 2.61 bits per heavy atom. The van der Waals surface area contributed by atoms with Crippen LogP contribution in [-0.2, 0) is 10.0 Å². The van der Waals surface area contributed by atoms with Crippen molar-refractivity contribution < 1.29 is 12.8 Å². The Morgan fingerprint density at radius 2 is 2.00 bits per heavy atom. The monoisotopic (exact) mass is 272 g/mol. The third kappa shape index (κ3) is 2.55. The van der Waals surface area contributed by atoms with E-state index < -0.39 is 15.8 Å². The van der Waals surface area contributed by atoms with Crippen molar-refractivity contribution in [2.45, 2.75) is 24.3 Å². The van der Waals surface area contributed by atoms with Crippen LogP contribution < -0.4 is 5.73 Å². The molecule has 1 aliphatic heterocycles. The van der Waals surface area contributed by atoms with Crippen LogP contribution in [0.2, 0.25) is 0 Å². The molecule has 1 fully saturated rings. The van der Waals surface area contributed by atoms with E-state index in [0.29, 0.717) is 6.54 Å². The Morgan fingerprint density at radius 1 is 1.33 bits per heavy atom. The predicted molar refractivity (Wildman–Crippen MR) is 66.9 cm³/mol. The van der Waals surface area contributed by atoms with Crippen LogP contribution in [0, 0.1) is 11.7 Å². The maximum atomic E-state index is 13.6. The van der Waals surface area contributed by atoms with Crippen molar-refractivity contribution >= 4 is 10.0 Å². The van der Waals surface area contributed by atoms with Gasteiger partial charge < -0.3 is 5.73 Å². The lowest BCUT2D eigenvalue weighted by atomic mass is 9.99. The van der Waals surface area contributed by atoms with Gasteiger partial charge in [-0.15, -0.1) is 0 Å². The van der Waals surface area contributed by atoms with E-state index in [1.807, 2.05) is 6.92 Å². The zero-order chi connectivity index (χ0) is 13.3. The van der Waals surface area contributed by atoms with Crippen LogP contribution in [0.15, 0.2) is 29.2 Å². The molecule has 1 saturated heterocycles. The van der Waals surface area contributed by atoms with Gasteiger partial charge in [-0.25, -0.2) is 12.8 Å². The molecule has 0 aliphatic carbocycles. The predicted octanol–water partition coefficient (Wildman–Crippen LogP) is 1.18. The van der Waals surface area contributed by atoms with Crippen LogP contribution in [0.1, 0.15) is 13.3 Å². The van der Waals surface area contributed by atoms with E-state index in [1.165, 1.54) is 22.5 Å². The summed E-state index contributed by atoms with van der Waals surface area (Å²) >= 11 is 0. The lowest BCUT2D eigenvalue weighted by Crippen LogP contribution is -2.48. The number of sulfonamides is 1. The molecule has 0 saturated carbocycles. The summed E-state index contributed by atoms with van der Waals surface area (Å²) in [6.45, 7) is 2.59. The summed E-state index contributed by atoms with van der Waals surface area (Å²) in [5.41, 5.74) is 5.83. The average molecular weight is 272 g/mol. The van der Waals surface area contributed by atoms with E-state index >= 15 is 0 Å². The van der Waals surface area contributed by atoms with Gasteiger partial charge in [-0.2, -0.15) is 4.31 Å². The summed E-state index contributed by atoms with van der Waals surface area (Å²) in [4.78, 5) is -0.272. The summed E-state index contributed by atoms with van der Waals surface area (Å²) in [6.07, 6.45) is 0.795. The second kappa shape index (κ2) is 4.95. The number of nitrogens with two attached hydrogens (primary N) is 1. The molecule has 0 bridgehead atoms. The largest absolute Gasteiger partial charge is 0.326 e. The van der Waals surface area contributed by atoms with E-state index in [9.17, 15) is 12.8 Å². The number of benzene rings is 1. The number of nitrogens with zero attached hydrogens (tertiary/aromatic N) is 1. The topological polar surface area (TPSA) is 63.4 Å². The number of piperidine rings is 1. The Kier molecular flexibility index (Phi) is 3.70. The fourth-order valence-corrected chi connectivity index (χ4v) is 4.02. The molecule has 0 aromatic heterocycles. The zero-order valence-corrected chi connectivity index (χ0v) is 11.0. The normalized spacial score (nSPS) is 26.2. The first-order valence-corrected chi connectivity index (χ1v) is 7.35. The third-order valence-electron chi connectivity index (χ3n) is 3.11. The van der Waals surface area contributed by atoms with Crippen molar-refractivity contribution in [1.82, 2.24) is 4.31 Å². The molecular weight excluding hydrogens is 255 g/mol. The molecule has 2 atom stereocenters. The van der Waals surface area contributed by atoms with Crippen molar-refractivity contribution in [2.24, 2.45) is 11.7 Å². The van der Waals surface area contributed by atoms with Crippen molar-refractivity contribution in [3.8, 4) is 0 Å². The highest BCUT2D eigenvalue weighted by atomic mass is 32.2. The molecule has 1 aromatic rings. The van der Waals surface area contributed by atoms with Crippen molar-refractivity contribution in [3.05, 3.63) is 30.1 Å². The Bertz CT molecular complexity index is 523. The second-order valence-corrected chi connectivity index (χ2v) is 6.76. The highest BCUT2D eigenvalue weighted by molar-refractivity contribution is 7.89. The molecule has 2 N–H and O–H groups in total. The standard InChI is InChI=1S/C12H17FN2O2S/c1-9-6-10(14)8-15(7-9)18(16,17)12-5-3-2-4-11(12)13/h2-5,9-10H,6-8,14H2,1H3. The van der Waals surface area contributed by atoms with E-state index in [2.05, 4.69) is 0 Å². The third-order valence-corrected chi connectivity index (χ3v) is 4.98. The Labute approximate surface area is 107 Å². The van der Waals surface area contributed by atoms with Gasteiger partial charge in [0.25, 0.3) is 0 Å². The fraction of sp³-hybridized carbons (Fsp3) is 0.500. The molecular formula is C12H17FN2O2S. The van der Waals surface area contributed by atoms with E-state index in [-0.39, 0.29) is 23.4 Å². The number of hydrogen-bond acceptors (Lipinski definition) is 3. The molecule has 4 nitrogen and oxygen atoms in total. The maximum absolute atomic E-state index is 13.6. The van der Waals surface area contributed by atoms with Crippen LogP contribution in [-0.4, -0.2) is 31.9 Å². The van der Waals surface area contributed by atoms with Gasteiger partial charge in [0.05, 0.1) is 0 Å². The highest BCUT2D eigenvalue weighted by Crippen LogP contribution is 2.24. The highest BCUT2D eigenvalue weighted by Gasteiger charge is 2.33. The summed E-state index contributed by atoms with van der Waals surface area (Å²) in [5.74, 6) is -0.528. The molecule has 1 heterocycles. The smallest absolute Gasteiger partial charge is 0.246 e. The molecule has 2 unspecified atom stereocenters. The van der Waals surface area contributed by atoms with E-state index in [1.54, 1.807) is 0 Å². The van der Waals surface area contributed by atoms with Gasteiger partial charge in [0.1, 0.15) is 10.7 Å². The molecule has 0 spiro atoms. The lowest BCUT2D eigenvalue weighted by molar-refractivity contribution is 0.254. The second-order valence-electron chi connectivity index (χ2n) is 4.85. The molecule has 6 heteroatoms. The number of hydrogen-bond donors (Lipinski definition) is 1. The minimum absolute atomic E-state index is 0.185. The molecule has 1 aliphatic rings. The van der Waals surface area contributed by atoms with Crippen molar-refractivity contribution in [3.63, 3.8) is 0 Å². The first-order chi connectivity index (χ1) is 8.41. The summed E-state index contributed by atoms with van der Waals surface area (Å²) < 4.78 is 39.5. The summed E-state index contributed by atoms with van der Waals surface area (Å²) in [7, 11) is -3.78. The van der Waals surface area contributed by atoms with E-state index in [4.69, 9.17) is 5.73 Å². The van der Waals surface area contributed by atoms with Crippen LogP contribution in [0.25, 0.3) is 0 Å². The van der Waals surface area contributed by atoms with Gasteiger partial charge in [-0.3, -0.25) is 0 Å². The molecule has 1 aromatic carbocycles. The van der Waals surface area contributed by atoms with Gasteiger partial charge in [-0.05, 0) is 24.5 Å². The molecule has 18 heavy (non-hydrogen) atoms. The Balaban J connectivity index is 2.34. The van der Waals surface area contributed by atoms with Gasteiger partial charge in [0, 0.05) is 19.1 Å². The van der Waals surface area contributed by atoms with Gasteiger partial charge >= 0.3 is 0 Å². The summed E-state index contributed by atoms with van der Waals surface area (Å²) in [6, 6.07) is 5.24. The SMILES string of the molecule is CC1CC(N)CN(S(=O)(=O)c2ccccc2F)C1. The summed E-state index contributed by atoms with van der Waals surface area (Å²) in [5, 5.41) is 0. The molecule has 0 amide bonds. The average Bonchev–Trinajstić information content (AvgIpc) is 2.28. The zero-order valence-electron chi connectivity index (χ0n) is 10.2. The minimum atomic E-state index is -3.78. The quantitative estimate of drug-likeness (QED) is 0.879. The van der Waals surface area contributed by atoms with Gasteiger partial charge in [0.2, 0.25) is 10.0 Å². The first-order valence-electron chi connectivity index (χ1n) is 5.91. The lowest BCUT2D eigenvalue weighted by Gasteiger charge is -2.33. The number of rotatable bonds is 2. The molecule has 0 radical (unpaired) electrons. The van der Waals surface area contributed by atoms with Crippen LogP contribution in [0.4, 0.5) is 4.39 Å². The Hall–Kier alpha value is -0.980. The van der Waals surface area contributed by atoms with Crippen molar-refractivity contribution in [2.75, 3.05) is 13.1 Å². The molecule has 2 rings (SSSR count). The minimum Gasteiger partial charge on any atom is -0.326 e. The van der Waals surface area contributed by atoms with Crippen LogP contribution in [0.5, 0.6) is 0 Å². The fourth-order valence-electron chi connectivity index (χ4n) is 2.34. The first kappa shape index (κ1) is 13.5. The maximum Gasteiger partial charge on any atom is 0.246 e. The van der Waals surface area contributed by atoms with Crippen LogP contribution in [0.3, 0.4) is 0 Å². The van der Waals surface area contributed by atoms with Crippen molar-refractivity contribution in [1.29, 1.82) is 0 Å². The number of halogens is 1. The van der Waals surface area contributed by atoms with E-state index in [0.717, 1.165) is 12.5 Å². The van der Waals surface area contributed by atoms with Gasteiger partial charge in [-0.1, -0.05) is 19.1 Å².